The van der Waals surface area contributed by atoms with Crippen LogP contribution in [0.2, 0.25) is 0 Å². The van der Waals surface area contributed by atoms with Crippen molar-refractivity contribution in [2.24, 2.45) is 0 Å². The van der Waals surface area contributed by atoms with Gasteiger partial charge in [-0.2, -0.15) is 0 Å². The van der Waals surface area contributed by atoms with E-state index in [1.165, 1.54) is 58.3 Å². The van der Waals surface area contributed by atoms with Gasteiger partial charge < -0.3 is 4.98 Å². The van der Waals surface area contributed by atoms with E-state index < -0.39 is 0 Å². The molecule has 6 aromatic rings. The van der Waals surface area contributed by atoms with Gasteiger partial charge in [0.15, 0.2) is 0 Å². The van der Waals surface area contributed by atoms with Gasteiger partial charge in [-0.15, -0.1) is 11.3 Å². The summed E-state index contributed by atoms with van der Waals surface area (Å²) in [7, 11) is 0. The molecule has 0 atom stereocenters. The Morgan fingerprint density at radius 1 is 0.714 bits per heavy atom. The monoisotopic (exact) mass is 379 g/mol. The molecule has 0 fully saturated rings. The van der Waals surface area contributed by atoms with E-state index in [4.69, 9.17) is 0 Å². The number of nitrogens with one attached hydrogen (secondary N) is 1. The molecule has 1 N–H and O–H groups in total. The highest BCUT2D eigenvalue weighted by molar-refractivity contribution is 7.27. The molecule has 2 heteroatoms. The van der Waals surface area contributed by atoms with Crippen LogP contribution in [0, 0.1) is 0 Å². The lowest BCUT2D eigenvalue weighted by Crippen LogP contribution is -2.10. The predicted molar refractivity (Wildman–Crippen MR) is 125 cm³/mol. The Morgan fingerprint density at radius 2 is 1.43 bits per heavy atom. The summed E-state index contributed by atoms with van der Waals surface area (Å²) in [6.45, 7) is 6.87. The van der Waals surface area contributed by atoms with Crippen molar-refractivity contribution < 1.29 is 0 Å². The van der Waals surface area contributed by atoms with Gasteiger partial charge in [0.25, 0.3) is 0 Å². The SMILES string of the molecule is CC(C)(C)c1ccc2sc3c(c2c1)c1ccccc1c1[nH]c2ccccc2c13. The maximum absolute atomic E-state index is 3.70. The van der Waals surface area contributed by atoms with E-state index in [1.54, 1.807) is 0 Å². The van der Waals surface area contributed by atoms with Crippen molar-refractivity contribution in [1.82, 2.24) is 4.98 Å². The van der Waals surface area contributed by atoms with Gasteiger partial charge >= 0.3 is 0 Å². The fourth-order valence-corrected chi connectivity index (χ4v) is 5.77. The smallest absolute Gasteiger partial charge is 0.0559 e. The molecule has 1 nitrogen and oxygen atoms in total. The Bertz CT molecular complexity index is 1540. The van der Waals surface area contributed by atoms with Crippen LogP contribution in [0.25, 0.3) is 52.8 Å². The van der Waals surface area contributed by atoms with E-state index in [-0.39, 0.29) is 5.41 Å². The lowest BCUT2D eigenvalue weighted by atomic mass is 9.86. The summed E-state index contributed by atoms with van der Waals surface area (Å²) < 4.78 is 2.76. The molecular weight excluding hydrogens is 358 g/mol. The van der Waals surface area contributed by atoms with E-state index in [0.717, 1.165) is 0 Å². The summed E-state index contributed by atoms with van der Waals surface area (Å²) in [5.41, 5.74) is 4.00. The molecule has 2 heterocycles. The molecule has 0 bridgehead atoms. The first kappa shape index (κ1) is 16.1. The summed E-state index contributed by atoms with van der Waals surface area (Å²) in [5, 5.41) is 8.12. The normalized spacial score (nSPS) is 12.8. The second kappa shape index (κ2) is 5.36. The van der Waals surface area contributed by atoms with Crippen LogP contribution in [-0.2, 0) is 5.41 Å². The molecule has 136 valence electrons. The molecule has 28 heavy (non-hydrogen) atoms. The van der Waals surface area contributed by atoms with Crippen LogP contribution in [-0.4, -0.2) is 4.98 Å². The Morgan fingerprint density at radius 3 is 2.21 bits per heavy atom. The summed E-state index contributed by atoms with van der Waals surface area (Å²) in [5.74, 6) is 0. The molecule has 4 aromatic carbocycles. The van der Waals surface area contributed by atoms with Crippen molar-refractivity contribution in [3.63, 3.8) is 0 Å². The third-order valence-electron chi connectivity index (χ3n) is 5.95. The Kier molecular flexibility index (Phi) is 3.09. The molecule has 0 amide bonds. The third kappa shape index (κ3) is 2.07. The molecule has 0 aliphatic carbocycles. The standard InChI is InChI=1S/C26H21NS/c1-26(2,3)15-12-13-21-19(14-15)22-16-8-4-5-9-17(16)24-23(25(22)28-21)18-10-6-7-11-20(18)27-24/h4-14,27H,1-3H3. The van der Waals surface area contributed by atoms with Gasteiger partial charge in [0, 0.05) is 41.8 Å². The van der Waals surface area contributed by atoms with Crippen molar-refractivity contribution in [2.45, 2.75) is 26.2 Å². The van der Waals surface area contributed by atoms with Crippen molar-refractivity contribution in [1.29, 1.82) is 0 Å². The van der Waals surface area contributed by atoms with Gasteiger partial charge in [-0.1, -0.05) is 69.3 Å². The van der Waals surface area contributed by atoms with Crippen LogP contribution in [0.5, 0.6) is 0 Å². The van der Waals surface area contributed by atoms with E-state index in [0.29, 0.717) is 0 Å². The number of hydrogen-bond donors (Lipinski definition) is 1. The first-order valence-corrected chi connectivity index (χ1v) is 10.6. The van der Waals surface area contributed by atoms with Gasteiger partial charge in [-0.05, 0) is 34.6 Å². The van der Waals surface area contributed by atoms with Gasteiger partial charge in [-0.3, -0.25) is 0 Å². The zero-order valence-corrected chi connectivity index (χ0v) is 17.1. The highest BCUT2D eigenvalue weighted by atomic mass is 32.1. The minimum Gasteiger partial charge on any atom is -0.354 e. The number of benzene rings is 4. The molecule has 0 spiro atoms. The first-order valence-electron chi connectivity index (χ1n) is 9.80. The minimum absolute atomic E-state index is 0.142. The quantitative estimate of drug-likeness (QED) is 0.274. The summed E-state index contributed by atoms with van der Waals surface area (Å²) >= 11 is 1.92. The van der Waals surface area contributed by atoms with Gasteiger partial charge in [0.05, 0.1) is 5.52 Å². The third-order valence-corrected chi connectivity index (χ3v) is 7.14. The molecule has 6 rings (SSSR count). The van der Waals surface area contributed by atoms with Gasteiger partial charge in [0.2, 0.25) is 0 Å². The maximum atomic E-state index is 3.70. The minimum atomic E-state index is 0.142. The van der Waals surface area contributed by atoms with E-state index in [1.807, 2.05) is 11.3 Å². The number of fused-ring (bicyclic) bond motifs is 10. The highest BCUT2D eigenvalue weighted by Crippen LogP contribution is 2.46. The van der Waals surface area contributed by atoms with Gasteiger partial charge in [-0.25, -0.2) is 0 Å². The number of H-pyrrole nitrogens is 1. The average molecular weight is 380 g/mol. The molecular formula is C26H21NS. The molecule has 0 unspecified atom stereocenters. The van der Waals surface area contributed by atoms with Gasteiger partial charge in [0.1, 0.15) is 0 Å². The van der Waals surface area contributed by atoms with Crippen molar-refractivity contribution in [3.8, 4) is 0 Å². The maximum Gasteiger partial charge on any atom is 0.0559 e. The fourth-order valence-electron chi connectivity index (χ4n) is 4.51. The molecule has 0 radical (unpaired) electrons. The van der Waals surface area contributed by atoms with Crippen LogP contribution >= 0.6 is 11.3 Å². The molecule has 0 saturated carbocycles. The zero-order chi connectivity index (χ0) is 19.0. The predicted octanol–water partition coefficient (Wildman–Crippen LogP) is 8.14. The Labute approximate surface area is 167 Å². The summed E-state index contributed by atoms with van der Waals surface area (Å²) in [6.07, 6.45) is 0. The zero-order valence-electron chi connectivity index (χ0n) is 16.3. The highest BCUT2D eigenvalue weighted by Gasteiger charge is 2.20. The Hall–Kier alpha value is -2.84. The second-order valence-corrected chi connectivity index (χ2v) is 9.79. The van der Waals surface area contributed by atoms with Crippen molar-refractivity contribution in [3.05, 3.63) is 72.3 Å². The van der Waals surface area contributed by atoms with E-state index in [2.05, 4.69) is 92.5 Å². The number of para-hydroxylation sites is 1. The fraction of sp³-hybridized carbons (Fsp3) is 0.154. The van der Waals surface area contributed by atoms with Crippen LogP contribution in [0.15, 0.2) is 66.7 Å². The molecule has 0 aliphatic heterocycles. The lowest BCUT2D eigenvalue weighted by Gasteiger charge is -2.19. The number of rotatable bonds is 0. The first-order chi connectivity index (χ1) is 13.5. The lowest BCUT2D eigenvalue weighted by molar-refractivity contribution is 0.591. The van der Waals surface area contributed by atoms with Crippen LogP contribution in [0.1, 0.15) is 26.3 Å². The Balaban J connectivity index is 1.94. The number of aromatic nitrogens is 1. The van der Waals surface area contributed by atoms with Crippen LogP contribution in [0.4, 0.5) is 0 Å². The van der Waals surface area contributed by atoms with E-state index in [9.17, 15) is 0 Å². The number of aromatic amines is 1. The van der Waals surface area contributed by atoms with Crippen molar-refractivity contribution in [2.75, 3.05) is 0 Å². The summed E-state index contributed by atoms with van der Waals surface area (Å²) in [6, 6.07) is 24.5. The molecule has 0 aliphatic rings. The topological polar surface area (TPSA) is 15.8 Å². The van der Waals surface area contributed by atoms with Crippen LogP contribution < -0.4 is 0 Å². The number of thiophene rings is 1. The summed E-state index contributed by atoms with van der Waals surface area (Å²) in [4.78, 5) is 3.70. The molecule has 2 aromatic heterocycles. The second-order valence-electron chi connectivity index (χ2n) is 8.73. The van der Waals surface area contributed by atoms with Crippen molar-refractivity contribution >= 4 is 64.1 Å². The largest absolute Gasteiger partial charge is 0.354 e. The van der Waals surface area contributed by atoms with E-state index >= 15 is 0 Å². The average Bonchev–Trinajstić information content (AvgIpc) is 3.25. The van der Waals surface area contributed by atoms with Crippen LogP contribution in [0.3, 0.4) is 0 Å². The molecule has 0 saturated heterocycles. The number of hydrogen-bond acceptors (Lipinski definition) is 1.